The van der Waals surface area contributed by atoms with E-state index in [4.69, 9.17) is 5.26 Å². The number of aromatic nitrogens is 2. The first-order valence-electron chi connectivity index (χ1n) is 5.91. The number of nitriles is 1. The van der Waals surface area contributed by atoms with E-state index in [9.17, 15) is 0 Å². The standard InChI is InChI=1S/C12H19N5/c1-4-17(5-2)10(3)9-16-12-11(8-13)14-6-7-15-12/h6-7,10H,4-5,9H2,1-3H3,(H,15,16). The van der Waals surface area contributed by atoms with E-state index in [2.05, 4.69) is 41.0 Å². The van der Waals surface area contributed by atoms with Crippen molar-refractivity contribution in [1.82, 2.24) is 14.9 Å². The van der Waals surface area contributed by atoms with Gasteiger partial charge < -0.3 is 5.32 Å². The zero-order chi connectivity index (χ0) is 12.7. The molecule has 0 saturated heterocycles. The van der Waals surface area contributed by atoms with Gasteiger partial charge in [0, 0.05) is 25.0 Å². The van der Waals surface area contributed by atoms with Crippen molar-refractivity contribution >= 4 is 5.82 Å². The Bertz CT molecular complexity index is 381. The fourth-order valence-electron chi connectivity index (χ4n) is 1.77. The molecule has 0 spiro atoms. The largest absolute Gasteiger partial charge is 0.366 e. The van der Waals surface area contributed by atoms with Crippen molar-refractivity contribution in [3.05, 3.63) is 18.1 Å². The van der Waals surface area contributed by atoms with Crippen molar-refractivity contribution in [3.63, 3.8) is 0 Å². The number of hydrogen-bond acceptors (Lipinski definition) is 5. The molecule has 0 fully saturated rings. The molecule has 1 heterocycles. The Morgan fingerprint density at radius 1 is 1.35 bits per heavy atom. The fourth-order valence-corrected chi connectivity index (χ4v) is 1.77. The monoisotopic (exact) mass is 233 g/mol. The minimum atomic E-state index is 0.347. The molecule has 0 aromatic carbocycles. The zero-order valence-corrected chi connectivity index (χ0v) is 10.6. The number of nitrogens with one attached hydrogen (secondary N) is 1. The summed E-state index contributed by atoms with van der Waals surface area (Å²) >= 11 is 0. The quantitative estimate of drug-likeness (QED) is 0.806. The summed E-state index contributed by atoms with van der Waals surface area (Å²) in [5.74, 6) is 0.564. The van der Waals surface area contributed by atoms with Gasteiger partial charge in [0.2, 0.25) is 0 Å². The van der Waals surface area contributed by atoms with Gasteiger partial charge in [0.25, 0.3) is 0 Å². The normalized spacial score (nSPS) is 12.2. The van der Waals surface area contributed by atoms with E-state index in [-0.39, 0.29) is 0 Å². The number of nitrogens with zero attached hydrogens (tertiary/aromatic N) is 4. The summed E-state index contributed by atoms with van der Waals surface area (Å²) in [7, 11) is 0. The molecular weight excluding hydrogens is 214 g/mol. The van der Waals surface area contributed by atoms with Gasteiger partial charge in [-0.25, -0.2) is 9.97 Å². The summed E-state index contributed by atoms with van der Waals surface area (Å²) < 4.78 is 0. The van der Waals surface area contributed by atoms with E-state index in [1.165, 1.54) is 6.20 Å². The molecular formula is C12H19N5. The molecule has 1 N–H and O–H groups in total. The van der Waals surface area contributed by atoms with Crippen LogP contribution in [0.15, 0.2) is 12.4 Å². The van der Waals surface area contributed by atoms with Crippen LogP contribution in [0.25, 0.3) is 0 Å². The van der Waals surface area contributed by atoms with E-state index in [1.54, 1.807) is 6.20 Å². The Hall–Kier alpha value is -1.67. The molecule has 0 bridgehead atoms. The highest BCUT2D eigenvalue weighted by Gasteiger charge is 2.11. The number of hydrogen-bond donors (Lipinski definition) is 1. The Morgan fingerprint density at radius 3 is 2.59 bits per heavy atom. The van der Waals surface area contributed by atoms with Crippen molar-refractivity contribution in [1.29, 1.82) is 5.26 Å². The SMILES string of the molecule is CCN(CC)C(C)CNc1nccnc1C#N. The second-order valence-electron chi connectivity index (χ2n) is 3.82. The Kier molecular flexibility index (Phi) is 5.37. The third kappa shape index (κ3) is 3.68. The van der Waals surface area contributed by atoms with Crippen LogP contribution < -0.4 is 5.32 Å². The second kappa shape index (κ2) is 6.81. The Balaban J connectivity index is 2.58. The molecule has 0 aliphatic rings. The lowest BCUT2D eigenvalue weighted by atomic mass is 10.2. The first-order valence-corrected chi connectivity index (χ1v) is 5.91. The van der Waals surface area contributed by atoms with Gasteiger partial charge in [-0.15, -0.1) is 0 Å². The van der Waals surface area contributed by atoms with E-state index in [0.717, 1.165) is 19.6 Å². The van der Waals surface area contributed by atoms with Crippen LogP contribution in [0.5, 0.6) is 0 Å². The third-order valence-corrected chi connectivity index (χ3v) is 2.80. The lowest BCUT2D eigenvalue weighted by Crippen LogP contribution is -2.37. The minimum Gasteiger partial charge on any atom is -0.366 e. The molecule has 1 rings (SSSR count). The van der Waals surface area contributed by atoms with Crippen LogP contribution in [0.3, 0.4) is 0 Å². The number of likely N-dealkylation sites (N-methyl/N-ethyl adjacent to an activating group) is 1. The molecule has 0 aliphatic heterocycles. The van der Waals surface area contributed by atoms with Crippen molar-refractivity contribution in [3.8, 4) is 6.07 Å². The summed E-state index contributed by atoms with van der Waals surface area (Å²) in [4.78, 5) is 10.4. The van der Waals surface area contributed by atoms with Crippen LogP contribution in [-0.2, 0) is 0 Å². The maximum atomic E-state index is 8.88. The smallest absolute Gasteiger partial charge is 0.182 e. The molecule has 0 amide bonds. The predicted octanol–water partition coefficient (Wildman–Crippen LogP) is 1.49. The average Bonchev–Trinajstić information content (AvgIpc) is 2.38. The summed E-state index contributed by atoms with van der Waals surface area (Å²) in [5.41, 5.74) is 0.347. The number of anilines is 1. The van der Waals surface area contributed by atoms with Crippen LogP contribution in [-0.4, -0.2) is 40.5 Å². The van der Waals surface area contributed by atoms with Crippen molar-refractivity contribution in [2.24, 2.45) is 0 Å². The highest BCUT2D eigenvalue weighted by atomic mass is 15.2. The highest BCUT2D eigenvalue weighted by Crippen LogP contribution is 2.07. The molecule has 5 heteroatoms. The maximum Gasteiger partial charge on any atom is 0.182 e. The van der Waals surface area contributed by atoms with Gasteiger partial charge in [0.05, 0.1) is 0 Å². The van der Waals surface area contributed by atoms with E-state index >= 15 is 0 Å². The topological polar surface area (TPSA) is 64.8 Å². The van der Waals surface area contributed by atoms with Gasteiger partial charge in [0.1, 0.15) is 6.07 Å². The van der Waals surface area contributed by atoms with Gasteiger partial charge in [0.15, 0.2) is 11.5 Å². The predicted molar refractivity (Wildman–Crippen MR) is 67.6 cm³/mol. The molecule has 0 saturated carbocycles. The summed E-state index contributed by atoms with van der Waals surface area (Å²) in [6.45, 7) is 9.24. The average molecular weight is 233 g/mol. The molecule has 1 unspecified atom stereocenters. The molecule has 0 radical (unpaired) electrons. The van der Waals surface area contributed by atoms with Crippen LogP contribution in [0.1, 0.15) is 26.5 Å². The van der Waals surface area contributed by atoms with Crippen molar-refractivity contribution in [2.75, 3.05) is 25.0 Å². The second-order valence-corrected chi connectivity index (χ2v) is 3.82. The maximum absolute atomic E-state index is 8.88. The lowest BCUT2D eigenvalue weighted by Gasteiger charge is -2.26. The third-order valence-electron chi connectivity index (χ3n) is 2.80. The molecule has 17 heavy (non-hydrogen) atoms. The van der Waals surface area contributed by atoms with Gasteiger partial charge in [-0.3, -0.25) is 4.90 Å². The Morgan fingerprint density at radius 2 is 2.00 bits per heavy atom. The first kappa shape index (κ1) is 13.4. The van der Waals surface area contributed by atoms with E-state index in [1.807, 2.05) is 6.07 Å². The van der Waals surface area contributed by atoms with Crippen molar-refractivity contribution in [2.45, 2.75) is 26.8 Å². The highest BCUT2D eigenvalue weighted by molar-refractivity contribution is 5.46. The van der Waals surface area contributed by atoms with Crippen LogP contribution >= 0.6 is 0 Å². The molecule has 5 nitrogen and oxygen atoms in total. The molecule has 1 atom stereocenters. The van der Waals surface area contributed by atoms with Gasteiger partial charge in [-0.1, -0.05) is 13.8 Å². The Labute approximate surface area is 102 Å². The minimum absolute atomic E-state index is 0.347. The molecule has 0 aliphatic carbocycles. The van der Waals surface area contributed by atoms with Crippen LogP contribution in [0.4, 0.5) is 5.82 Å². The summed E-state index contributed by atoms with van der Waals surface area (Å²) in [6, 6.07) is 2.43. The molecule has 1 aromatic heterocycles. The van der Waals surface area contributed by atoms with Gasteiger partial charge >= 0.3 is 0 Å². The van der Waals surface area contributed by atoms with Gasteiger partial charge in [-0.05, 0) is 20.0 Å². The number of rotatable bonds is 6. The van der Waals surface area contributed by atoms with E-state index in [0.29, 0.717) is 17.6 Å². The molecule has 1 aromatic rings. The first-order chi connectivity index (χ1) is 8.22. The lowest BCUT2D eigenvalue weighted by molar-refractivity contribution is 0.240. The van der Waals surface area contributed by atoms with Crippen LogP contribution in [0.2, 0.25) is 0 Å². The fraction of sp³-hybridized carbons (Fsp3) is 0.583. The van der Waals surface area contributed by atoms with E-state index < -0.39 is 0 Å². The summed E-state index contributed by atoms with van der Waals surface area (Å²) in [5, 5.41) is 12.1. The molecule has 92 valence electrons. The zero-order valence-electron chi connectivity index (χ0n) is 10.6. The van der Waals surface area contributed by atoms with Gasteiger partial charge in [-0.2, -0.15) is 5.26 Å². The summed E-state index contributed by atoms with van der Waals surface area (Å²) in [6.07, 6.45) is 3.11. The van der Waals surface area contributed by atoms with Crippen molar-refractivity contribution < 1.29 is 0 Å². The van der Waals surface area contributed by atoms with Crippen LogP contribution in [0, 0.1) is 11.3 Å².